The Balaban J connectivity index is 2.24. The molecule has 0 aliphatic carbocycles. The molecule has 0 saturated heterocycles. The van der Waals surface area contributed by atoms with Crippen LogP contribution in [0.15, 0.2) is 38.4 Å². The van der Waals surface area contributed by atoms with Gasteiger partial charge in [0.2, 0.25) is 5.90 Å². The van der Waals surface area contributed by atoms with E-state index in [0.29, 0.717) is 36.0 Å². The van der Waals surface area contributed by atoms with Gasteiger partial charge >= 0.3 is 5.69 Å². The van der Waals surface area contributed by atoms with Gasteiger partial charge in [0.15, 0.2) is 0 Å². The number of oxime groups is 1. The predicted molar refractivity (Wildman–Crippen MR) is 112 cm³/mol. The van der Waals surface area contributed by atoms with Crippen LogP contribution in [-0.2, 0) is 23.2 Å². The molecule has 29 heavy (non-hydrogen) atoms. The number of aryl methyl sites for hydroxylation is 2. The lowest BCUT2D eigenvalue weighted by Gasteiger charge is -2.13. The van der Waals surface area contributed by atoms with Crippen LogP contribution in [0, 0.1) is 6.92 Å². The molecule has 0 N–H and O–H groups in total. The molecule has 0 bridgehead atoms. The summed E-state index contributed by atoms with van der Waals surface area (Å²) in [7, 11) is 1.55. The zero-order valence-corrected chi connectivity index (χ0v) is 17.7. The Morgan fingerprint density at radius 1 is 1.14 bits per heavy atom. The quantitative estimate of drug-likeness (QED) is 0.383. The number of nitrogens with zero attached hydrogens (tertiary/aromatic N) is 7. The third-order valence-electron chi connectivity index (χ3n) is 4.19. The highest BCUT2D eigenvalue weighted by atomic mass is 16.6. The number of hydrogen-bond donors (Lipinski definition) is 0. The number of tetrazole rings is 1. The van der Waals surface area contributed by atoms with E-state index in [0.717, 1.165) is 11.1 Å². The van der Waals surface area contributed by atoms with Crippen molar-refractivity contribution in [2.45, 2.75) is 47.6 Å². The fourth-order valence-electron chi connectivity index (χ4n) is 2.33. The van der Waals surface area contributed by atoms with E-state index in [-0.39, 0.29) is 12.3 Å². The summed E-state index contributed by atoms with van der Waals surface area (Å²) in [6.45, 7) is 10.0. The van der Waals surface area contributed by atoms with Gasteiger partial charge in [0.1, 0.15) is 13.2 Å². The summed E-state index contributed by atoms with van der Waals surface area (Å²) in [4.78, 5) is 17.3. The number of aromatic nitrogens is 4. The van der Waals surface area contributed by atoms with Gasteiger partial charge in [0, 0.05) is 19.0 Å². The standard InChI is InChI=1S/C19H27N7O3/c1-7-18(21-20-14(4)15(5)22-29-8-2)28-12-16-13(3)10-9-11-17(16)26-19(27)25(6)23-24-26/h9-11H,7-8,12H2,1-6H3/b20-14+,21-18-,22-15+. The molecule has 10 nitrogen and oxygen atoms in total. The molecule has 1 aromatic heterocycles. The Morgan fingerprint density at radius 2 is 1.90 bits per heavy atom. The summed E-state index contributed by atoms with van der Waals surface area (Å²) in [5.41, 5.74) is 3.37. The molecule has 0 saturated carbocycles. The lowest BCUT2D eigenvalue weighted by molar-refractivity contribution is 0.159. The highest BCUT2D eigenvalue weighted by molar-refractivity contribution is 6.40. The van der Waals surface area contributed by atoms with E-state index in [9.17, 15) is 4.79 Å². The van der Waals surface area contributed by atoms with Crippen LogP contribution in [0.25, 0.3) is 5.69 Å². The van der Waals surface area contributed by atoms with Gasteiger partial charge in [-0.15, -0.1) is 5.10 Å². The molecule has 1 heterocycles. The highest BCUT2D eigenvalue weighted by Gasteiger charge is 2.14. The Kier molecular flexibility index (Phi) is 7.81. The zero-order valence-electron chi connectivity index (χ0n) is 17.7. The van der Waals surface area contributed by atoms with Gasteiger partial charge < -0.3 is 9.57 Å². The monoisotopic (exact) mass is 401 g/mol. The Hall–Kier alpha value is -3.30. The molecule has 2 aromatic rings. The van der Waals surface area contributed by atoms with E-state index in [2.05, 4.69) is 25.8 Å². The van der Waals surface area contributed by atoms with Crippen LogP contribution in [0.5, 0.6) is 0 Å². The zero-order chi connectivity index (χ0) is 21.4. The second-order valence-corrected chi connectivity index (χ2v) is 6.29. The minimum atomic E-state index is -0.328. The Morgan fingerprint density at radius 3 is 2.52 bits per heavy atom. The minimum Gasteiger partial charge on any atom is -0.475 e. The van der Waals surface area contributed by atoms with Crippen molar-refractivity contribution in [1.29, 1.82) is 0 Å². The fraction of sp³-hybridized carbons (Fsp3) is 0.474. The van der Waals surface area contributed by atoms with Crippen molar-refractivity contribution in [1.82, 2.24) is 19.8 Å². The fourth-order valence-corrected chi connectivity index (χ4v) is 2.33. The van der Waals surface area contributed by atoms with E-state index >= 15 is 0 Å². The number of ether oxygens (including phenoxy) is 1. The van der Waals surface area contributed by atoms with Crippen molar-refractivity contribution in [3.8, 4) is 5.69 Å². The molecule has 0 fully saturated rings. The van der Waals surface area contributed by atoms with Gasteiger partial charge in [0.05, 0.1) is 17.1 Å². The summed E-state index contributed by atoms with van der Waals surface area (Å²) in [5, 5.41) is 20.0. The van der Waals surface area contributed by atoms with Crippen LogP contribution in [0.4, 0.5) is 0 Å². The van der Waals surface area contributed by atoms with E-state index in [4.69, 9.17) is 9.57 Å². The van der Waals surface area contributed by atoms with Crippen LogP contribution in [0.3, 0.4) is 0 Å². The summed E-state index contributed by atoms with van der Waals surface area (Å²) >= 11 is 0. The van der Waals surface area contributed by atoms with E-state index in [1.807, 2.05) is 32.9 Å². The van der Waals surface area contributed by atoms with Gasteiger partial charge in [-0.2, -0.15) is 14.5 Å². The summed E-state index contributed by atoms with van der Waals surface area (Å²) < 4.78 is 8.31. The SMILES string of the molecule is CCO/N=C(C)/C(C)=N/N=C(/CC)OCc1c(C)cccc1-n1nnn(C)c1=O. The van der Waals surface area contributed by atoms with Crippen LogP contribution in [-0.4, -0.2) is 43.7 Å². The summed E-state index contributed by atoms with van der Waals surface area (Å²) in [5.74, 6) is 0.467. The third kappa shape index (κ3) is 5.59. The van der Waals surface area contributed by atoms with Gasteiger partial charge in [-0.1, -0.05) is 24.2 Å². The van der Waals surface area contributed by atoms with Crippen LogP contribution in [0.2, 0.25) is 0 Å². The Labute approximate surface area is 169 Å². The maximum Gasteiger partial charge on any atom is 0.368 e. The predicted octanol–water partition coefficient (Wildman–Crippen LogP) is 2.39. The molecular weight excluding hydrogens is 374 g/mol. The first-order valence-corrected chi connectivity index (χ1v) is 9.37. The van der Waals surface area contributed by atoms with E-state index in [1.165, 1.54) is 9.36 Å². The summed E-state index contributed by atoms with van der Waals surface area (Å²) in [6.07, 6.45) is 0.560. The largest absolute Gasteiger partial charge is 0.475 e. The van der Waals surface area contributed by atoms with E-state index < -0.39 is 0 Å². The maximum atomic E-state index is 12.2. The topological polar surface area (TPSA) is 108 Å². The molecule has 0 radical (unpaired) electrons. The average molecular weight is 401 g/mol. The molecule has 2 rings (SSSR count). The molecule has 1 aromatic carbocycles. The van der Waals surface area contributed by atoms with Crippen molar-refractivity contribution in [2.24, 2.45) is 22.4 Å². The Bertz CT molecular complexity index is 986. The van der Waals surface area contributed by atoms with Crippen molar-refractivity contribution in [3.63, 3.8) is 0 Å². The third-order valence-corrected chi connectivity index (χ3v) is 4.19. The van der Waals surface area contributed by atoms with Crippen molar-refractivity contribution >= 4 is 17.3 Å². The van der Waals surface area contributed by atoms with E-state index in [1.54, 1.807) is 27.0 Å². The first-order chi connectivity index (χ1) is 13.9. The number of rotatable bonds is 8. The first kappa shape index (κ1) is 22.0. The molecule has 0 unspecified atom stereocenters. The molecule has 156 valence electrons. The number of benzene rings is 1. The minimum absolute atomic E-state index is 0.221. The van der Waals surface area contributed by atoms with Gasteiger partial charge in [-0.25, -0.2) is 4.79 Å². The average Bonchev–Trinajstić information content (AvgIpc) is 3.05. The van der Waals surface area contributed by atoms with Gasteiger partial charge in [-0.3, -0.25) is 0 Å². The van der Waals surface area contributed by atoms with Crippen LogP contribution in [0.1, 0.15) is 45.2 Å². The van der Waals surface area contributed by atoms with Gasteiger partial charge in [0.25, 0.3) is 0 Å². The smallest absolute Gasteiger partial charge is 0.368 e. The molecular formula is C19H27N7O3. The van der Waals surface area contributed by atoms with Crippen LogP contribution < -0.4 is 5.69 Å². The molecule has 0 spiro atoms. The van der Waals surface area contributed by atoms with Crippen molar-refractivity contribution in [3.05, 3.63) is 39.8 Å². The molecule has 0 atom stereocenters. The molecule has 0 aliphatic heterocycles. The lowest BCUT2D eigenvalue weighted by Crippen LogP contribution is -2.23. The number of hydrogen-bond acceptors (Lipinski definition) is 8. The van der Waals surface area contributed by atoms with Crippen molar-refractivity contribution < 1.29 is 9.57 Å². The molecule has 10 heteroatoms. The second-order valence-electron chi connectivity index (χ2n) is 6.29. The molecule has 0 aliphatic rings. The summed E-state index contributed by atoms with van der Waals surface area (Å²) in [6, 6.07) is 5.61. The second kappa shape index (κ2) is 10.3. The lowest BCUT2D eigenvalue weighted by atomic mass is 10.1. The normalized spacial score (nSPS) is 13.0. The van der Waals surface area contributed by atoms with Crippen LogP contribution >= 0.6 is 0 Å². The highest BCUT2D eigenvalue weighted by Crippen LogP contribution is 2.18. The van der Waals surface area contributed by atoms with Gasteiger partial charge in [-0.05, 0) is 49.8 Å². The first-order valence-electron chi connectivity index (χ1n) is 9.37. The molecule has 0 amide bonds. The maximum absolute atomic E-state index is 12.2. The van der Waals surface area contributed by atoms with Crippen molar-refractivity contribution in [2.75, 3.05) is 6.61 Å².